The third-order valence-corrected chi connectivity index (χ3v) is 16.5. The van der Waals surface area contributed by atoms with Gasteiger partial charge in [-0.15, -0.1) is 0 Å². The maximum Gasteiger partial charge on any atom is 0.0736 e. The highest BCUT2D eigenvalue weighted by molar-refractivity contribution is 6.11. The van der Waals surface area contributed by atoms with Crippen molar-refractivity contribution in [3.8, 4) is 67.3 Å². The van der Waals surface area contributed by atoms with Crippen LogP contribution in [0.3, 0.4) is 0 Å². The molecule has 0 saturated carbocycles. The van der Waals surface area contributed by atoms with Crippen LogP contribution in [0, 0.1) is 0 Å². The Morgan fingerprint density at radius 1 is 0.250 bits per heavy atom. The van der Waals surface area contributed by atoms with Gasteiger partial charge in [0, 0.05) is 44.5 Å². The zero-order valence-corrected chi connectivity index (χ0v) is 41.5. The molecule has 2 aliphatic carbocycles. The lowest BCUT2D eigenvalue weighted by Crippen LogP contribution is -2.05. The maximum absolute atomic E-state index is 6.05. The first-order chi connectivity index (χ1) is 37.7. The summed E-state index contributed by atoms with van der Waals surface area (Å²) in [7, 11) is 0. The van der Waals surface area contributed by atoms with Crippen LogP contribution < -0.4 is 0 Å². The molecule has 76 heavy (non-hydrogen) atoms. The Morgan fingerprint density at radius 2 is 0.566 bits per heavy atom. The van der Waals surface area contributed by atoms with E-state index >= 15 is 0 Å². The molecule has 3 heteroatoms. The number of fused-ring (bicyclic) bond motifs is 12. The maximum atomic E-state index is 6.05. The molecule has 0 unspecified atom stereocenters. The SMILES string of the molecule is c1ccc(-c2cc(-c3cc(C4c5ccccc5-c5ccccc54)ccc3-n3c4ccccc4c4ccccc43)nc(-c3cc(C4c5ccccc5-c5ccccc54)ccc3-n3c4ccccc4c4ccccc43)c2)cc1. The van der Waals surface area contributed by atoms with E-state index in [0.717, 1.165) is 67.1 Å². The topological polar surface area (TPSA) is 22.8 Å². The van der Waals surface area contributed by atoms with Crippen molar-refractivity contribution in [3.63, 3.8) is 0 Å². The molecular formula is C73H47N3. The van der Waals surface area contributed by atoms with E-state index in [1.807, 2.05) is 0 Å². The number of hydrogen-bond donors (Lipinski definition) is 0. The van der Waals surface area contributed by atoms with Crippen LogP contribution in [0.5, 0.6) is 0 Å². The van der Waals surface area contributed by atoms with Gasteiger partial charge in [-0.2, -0.15) is 0 Å². The molecule has 0 radical (unpaired) electrons. The van der Waals surface area contributed by atoms with E-state index in [0.29, 0.717) is 0 Å². The Balaban J connectivity index is 1.01. The quantitative estimate of drug-likeness (QED) is 0.156. The molecule has 0 amide bonds. The largest absolute Gasteiger partial charge is 0.309 e. The van der Waals surface area contributed by atoms with Crippen LogP contribution >= 0.6 is 0 Å². The number of nitrogens with zero attached hydrogens (tertiary/aromatic N) is 3. The molecular weight excluding hydrogens is 919 g/mol. The van der Waals surface area contributed by atoms with E-state index in [-0.39, 0.29) is 11.8 Å². The molecule has 0 spiro atoms. The lowest BCUT2D eigenvalue weighted by Gasteiger charge is -2.22. The molecule has 0 bridgehead atoms. The average Bonchev–Trinajstić information content (AvgIpc) is 4.36. The summed E-state index contributed by atoms with van der Waals surface area (Å²) < 4.78 is 4.94. The highest BCUT2D eigenvalue weighted by Crippen LogP contribution is 2.51. The Bertz CT molecular complexity index is 4200. The number of benzene rings is 11. The normalized spacial score (nSPS) is 12.9. The van der Waals surface area contributed by atoms with Gasteiger partial charge in [0.1, 0.15) is 0 Å². The van der Waals surface area contributed by atoms with Crippen molar-refractivity contribution in [1.29, 1.82) is 0 Å². The zero-order chi connectivity index (χ0) is 49.8. The second-order valence-electron chi connectivity index (χ2n) is 20.5. The standard InChI is InChI=1S/C73H47N3/c1-2-20-46(21-3-1)49-44-64(62-42-47(72-58-30-8-4-22-50(58)51-23-5-9-31-59(51)72)38-40-70(62)75-66-34-16-12-26-54(66)55-27-13-17-35-67(55)75)74-65(45-49)63-43-48(73-60-32-10-6-24-52(60)53-25-7-11-33-61(53)73)39-41-71(63)76-68-36-18-14-28-56(68)57-29-15-19-37-69(57)76/h1-45,72-73H. The summed E-state index contributed by atoms with van der Waals surface area (Å²) in [6, 6.07) is 101. The second-order valence-corrected chi connectivity index (χ2v) is 20.5. The molecule has 3 aromatic heterocycles. The van der Waals surface area contributed by atoms with Gasteiger partial charge >= 0.3 is 0 Å². The van der Waals surface area contributed by atoms with Crippen molar-refractivity contribution in [2.75, 3.05) is 0 Å². The predicted molar refractivity (Wildman–Crippen MR) is 315 cm³/mol. The minimum absolute atomic E-state index is 0.0471. The minimum atomic E-state index is 0.0471. The van der Waals surface area contributed by atoms with E-state index < -0.39 is 0 Å². The van der Waals surface area contributed by atoms with E-state index in [9.17, 15) is 0 Å². The molecule has 0 atom stereocenters. The molecule has 0 N–H and O–H groups in total. The fraction of sp³-hybridized carbons (Fsp3) is 0.0274. The van der Waals surface area contributed by atoms with Crippen molar-refractivity contribution in [3.05, 3.63) is 306 Å². The van der Waals surface area contributed by atoms with Gasteiger partial charge in [-0.05, 0) is 127 Å². The molecule has 0 fully saturated rings. The van der Waals surface area contributed by atoms with Crippen LogP contribution in [-0.2, 0) is 0 Å². The van der Waals surface area contributed by atoms with Crippen molar-refractivity contribution in [2.24, 2.45) is 0 Å². The molecule has 0 aliphatic heterocycles. The molecule has 3 nitrogen and oxygen atoms in total. The Labute approximate surface area is 440 Å². The molecule has 354 valence electrons. The third kappa shape index (κ3) is 6.39. The van der Waals surface area contributed by atoms with Gasteiger partial charge < -0.3 is 9.13 Å². The summed E-state index contributed by atoms with van der Waals surface area (Å²) >= 11 is 0. The Morgan fingerprint density at radius 3 is 0.934 bits per heavy atom. The molecule has 16 rings (SSSR count). The first-order valence-corrected chi connectivity index (χ1v) is 26.4. The number of aromatic nitrogens is 3. The van der Waals surface area contributed by atoms with Gasteiger partial charge in [0.25, 0.3) is 0 Å². The monoisotopic (exact) mass is 965 g/mol. The van der Waals surface area contributed by atoms with Crippen LogP contribution in [0.15, 0.2) is 273 Å². The minimum Gasteiger partial charge on any atom is -0.309 e. The van der Waals surface area contributed by atoms with E-state index in [4.69, 9.17) is 4.98 Å². The summed E-state index contributed by atoms with van der Waals surface area (Å²) in [5.74, 6) is 0.0942. The molecule has 0 saturated heterocycles. The van der Waals surface area contributed by atoms with Crippen LogP contribution in [0.2, 0.25) is 0 Å². The lowest BCUT2D eigenvalue weighted by molar-refractivity contribution is 1.01. The number of pyridine rings is 1. The van der Waals surface area contributed by atoms with E-state index in [1.54, 1.807) is 0 Å². The fourth-order valence-corrected chi connectivity index (χ4v) is 13.3. The summed E-state index contributed by atoms with van der Waals surface area (Å²) in [4.78, 5) is 6.05. The van der Waals surface area contributed by atoms with Gasteiger partial charge in [0.15, 0.2) is 0 Å². The van der Waals surface area contributed by atoms with Gasteiger partial charge in [0.05, 0.1) is 44.8 Å². The average molecular weight is 966 g/mol. The smallest absolute Gasteiger partial charge is 0.0736 e. The first-order valence-electron chi connectivity index (χ1n) is 26.4. The van der Waals surface area contributed by atoms with Gasteiger partial charge in [-0.25, -0.2) is 4.98 Å². The number of hydrogen-bond acceptors (Lipinski definition) is 1. The second kappa shape index (κ2) is 16.9. The lowest BCUT2D eigenvalue weighted by atomic mass is 9.87. The van der Waals surface area contributed by atoms with Gasteiger partial charge in [0.2, 0.25) is 0 Å². The zero-order valence-electron chi connectivity index (χ0n) is 41.5. The molecule has 3 heterocycles. The van der Waals surface area contributed by atoms with Gasteiger partial charge in [-0.3, -0.25) is 0 Å². The first kappa shape index (κ1) is 42.7. The number of rotatable bonds is 7. The highest BCUT2D eigenvalue weighted by atomic mass is 15.0. The van der Waals surface area contributed by atoms with Gasteiger partial charge in [-0.1, -0.05) is 212 Å². The van der Waals surface area contributed by atoms with Crippen LogP contribution in [-0.4, -0.2) is 14.1 Å². The molecule has 2 aliphatic rings. The van der Waals surface area contributed by atoms with Crippen molar-refractivity contribution >= 4 is 43.6 Å². The Hall–Kier alpha value is -9.83. The number of para-hydroxylation sites is 4. The van der Waals surface area contributed by atoms with Crippen molar-refractivity contribution in [2.45, 2.75) is 11.8 Å². The van der Waals surface area contributed by atoms with E-state index in [1.165, 1.54) is 77.2 Å². The highest BCUT2D eigenvalue weighted by Gasteiger charge is 2.33. The third-order valence-electron chi connectivity index (χ3n) is 16.5. The van der Waals surface area contributed by atoms with Crippen LogP contribution in [0.4, 0.5) is 0 Å². The molecule has 14 aromatic rings. The predicted octanol–water partition coefficient (Wildman–Crippen LogP) is 18.6. The van der Waals surface area contributed by atoms with Crippen LogP contribution in [0.25, 0.3) is 111 Å². The molecule has 11 aromatic carbocycles. The fourth-order valence-electron chi connectivity index (χ4n) is 13.3. The van der Waals surface area contributed by atoms with Crippen LogP contribution in [0.1, 0.15) is 45.2 Å². The van der Waals surface area contributed by atoms with Crippen molar-refractivity contribution < 1.29 is 0 Å². The van der Waals surface area contributed by atoms with E-state index in [2.05, 4.69) is 282 Å². The summed E-state index contributed by atoms with van der Waals surface area (Å²) in [5, 5.41) is 4.89. The Kier molecular flexibility index (Phi) is 9.46. The van der Waals surface area contributed by atoms with Crippen molar-refractivity contribution in [1.82, 2.24) is 14.1 Å². The summed E-state index contributed by atoms with van der Waals surface area (Å²) in [6.45, 7) is 0. The summed E-state index contributed by atoms with van der Waals surface area (Å²) in [6.07, 6.45) is 0. The summed E-state index contributed by atoms with van der Waals surface area (Å²) in [5.41, 5.74) is 26.0.